The number of allylic oxidation sites excluding steroid dienone is 1. The molecule has 0 bridgehead atoms. The summed E-state index contributed by atoms with van der Waals surface area (Å²) in [5.41, 5.74) is 1.57. The number of nitrogens with zero attached hydrogens (tertiary/aromatic N) is 3. The lowest BCUT2D eigenvalue weighted by Crippen LogP contribution is -2.00. The van der Waals surface area contributed by atoms with Crippen LogP contribution >= 0.6 is 11.6 Å². The van der Waals surface area contributed by atoms with E-state index in [0.29, 0.717) is 17.9 Å². The van der Waals surface area contributed by atoms with Gasteiger partial charge in [0.05, 0.1) is 23.6 Å². The highest BCUT2D eigenvalue weighted by Gasteiger charge is 2.03. The zero-order chi connectivity index (χ0) is 12.1. The molecule has 0 saturated carbocycles. The molecule has 0 aliphatic heterocycles. The van der Waals surface area contributed by atoms with Crippen LogP contribution in [0.1, 0.15) is 11.3 Å². The zero-order valence-electron chi connectivity index (χ0n) is 8.95. The number of halogens is 1. The van der Waals surface area contributed by atoms with Gasteiger partial charge in [0.25, 0.3) is 0 Å². The summed E-state index contributed by atoms with van der Waals surface area (Å²) in [6.45, 7) is 0.580. The Morgan fingerprint density at radius 1 is 1.47 bits per heavy atom. The van der Waals surface area contributed by atoms with Crippen LogP contribution in [-0.4, -0.2) is 20.8 Å². The second-order valence-electron chi connectivity index (χ2n) is 3.43. The Labute approximate surface area is 104 Å². The lowest BCUT2D eigenvalue weighted by Gasteiger charge is -2.04. The summed E-state index contributed by atoms with van der Waals surface area (Å²) in [5, 5.41) is 0.576. The van der Waals surface area contributed by atoms with Gasteiger partial charge >= 0.3 is 0 Å². The van der Waals surface area contributed by atoms with Crippen molar-refractivity contribution in [2.24, 2.45) is 0 Å². The van der Waals surface area contributed by atoms with Crippen LogP contribution in [-0.2, 0) is 11.3 Å². The highest BCUT2D eigenvalue weighted by Crippen LogP contribution is 2.17. The van der Waals surface area contributed by atoms with Gasteiger partial charge in [0.1, 0.15) is 6.29 Å². The molecule has 0 fully saturated rings. The van der Waals surface area contributed by atoms with E-state index in [2.05, 4.69) is 9.97 Å². The molecule has 0 saturated heterocycles. The molecule has 0 N–H and O–H groups in total. The number of carbonyl (C=O) groups excluding carboxylic acids is 1. The van der Waals surface area contributed by atoms with Crippen molar-refractivity contribution in [3.05, 3.63) is 53.3 Å². The average molecular weight is 248 g/mol. The van der Waals surface area contributed by atoms with Crippen LogP contribution in [0.2, 0.25) is 5.02 Å². The van der Waals surface area contributed by atoms with Crippen molar-refractivity contribution in [1.82, 2.24) is 14.5 Å². The summed E-state index contributed by atoms with van der Waals surface area (Å²) in [4.78, 5) is 18.4. The van der Waals surface area contributed by atoms with Gasteiger partial charge in [-0.1, -0.05) is 17.7 Å². The van der Waals surface area contributed by atoms with Crippen LogP contribution in [0.25, 0.3) is 6.08 Å². The third-order valence-corrected chi connectivity index (χ3v) is 2.52. The first kappa shape index (κ1) is 11.5. The van der Waals surface area contributed by atoms with E-state index in [1.165, 1.54) is 6.08 Å². The van der Waals surface area contributed by atoms with Crippen molar-refractivity contribution in [3.8, 4) is 0 Å². The molecule has 4 nitrogen and oxygen atoms in total. The van der Waals surface area contributed by atoms with Crippen molar-refractivity contribution < 1.29 is 4.79 Å². The highest BCUT2D eigenvalue weighted by atomic mass is 35.5. The van der Waals surface area contributed by atoms with Gasteiger partial charge < -0.3 is 4.57 Å². The second kappa shape index (κ2) is 5.41. The molecule has 0 aromatic carbocycles. The fourth-order valence-electron chi connectivity index (χ4n) is 1.39. The van der Waals surface area contributed by atoms with E-state index in [0.717, 1.165) is 11.3 Å². The Hall–Kier alpha value is -1.94. The standard InChI is InChI=1S/C12H10ClN3O/c13-11-6-10(2-1-5-17)7-15-12(11)8-16-4-3-14-9-16/h1-7,9H,8H2/b2-1+. The zero-order valence-corrected chi connectivity index (χ0v) is 9.71. The summed E-state index contributed by atoms with van der Waals surface area (Å²) in [5.74, 6) is 0. The number of imidazole rings is 1. The van der Waals surface area contributed by atoms with Crippen LogP contribution < -0.4 is 0 Å². The predicted molar refractivity (Wildman–Crippen MR) is 65.7 cm³/mol. The number of aromatic nitrogens is 3. The summed E-state index contributed by atoms with van der Waals surface area (Å²) in [6, 6.07) is 1.78. The maximum Gasteiger partial charge on any atom is 0.142 e. The van der Waals surface area contributed by atoms with E-state index in [-0.39, 0.29) is 0 Å². The third kappa shape index (κ3) is 3.01. The monoisotopic (exact) mass is 247 g/mol. The Kier molecular flexibility index (Phi) is 3.67. The molecule has 2 heterocycles. The van der Waals surface area contributed by atoms with E-state index in [1.807, 2.05) is 10.8 Å². The number of pyridine rings is 1. The van der Waals surface area contributed by atoms with E-state index in [9.17, 15) is 4.79 Å². The average Bonchev–Trinajstić information content (AvgIpc) is 2.82. The van der Waals surface area contributed by atoms with Gasteiger partial charge in [-0.15, -0.1) is 0 Å². The van der Waals surface area contributed by atoms with Crippen molar-refractivity contribution in [2.75, 3.05) is 0 Å². The largest absolute Gasteiger partial charge is 0.331 e. The number of hydrogen-bond acceptors (Lipinski definition) is 3. The first-order valence-corrected chi connectivity index (χ1v) is 5.39. The molecule has 0 atom stereocenters. The molecule has 5 heteroatoms. The summed E-state index contributed by atoms with van der Waals surface area (Å²) in [7, 11) is 0. The number of aldehydes is 1. The molecule has 0 unspecified atom stereocenters. The number of carbonyl (C=O) groups is 1. The third-order valence-electron chi connectivity index (χ3n) is 2.20. The van der Waals surface area contributed by atoms with Crippen LogP contribution in [0.3, 0.4) is 0 Å². The Morgan fingerprint density at radius 3 is 3.00 bits per heavy atom. The molecule has 0 spiro atoms. The van der Waals surface area contributed by atoms with Crippen molar-refractivity contribution in [2.45, 2.75) is 6.54 Å². The van der Waals surface area contributed by atoms with E-state index >= 15 is 0 Å². The maximum atomic E-state index is 10.2. The summed E-state index contributed by atoms with van der Waals surface area (Å²) < 4.78 is 1.88. The van der Waals surface area contributed by atoms with Gasteiger partial charge in [-0.25, -0.2) is 4.98 Å². The molecule has 2 aromatic rings. The van der Waals surface area contributed by atoms with Crippen LogP contribution in [0.15, 0.2) is 37.1 Å². The van der Waals surface area contributed by atoms with Crippen LogP contribution in [0, 0.1) is 0 Å². The maximum absolute atomic E-state index is 10.2. The molecule has 0 aliphatic carbocycles. The SMILES string of the molecule is O=C/C=C/c1cnc(Cn2ccnc2)c(Cl)c1. The van der Waals surface area contributed by atoms with Crippen LogP contribution in [0.5, 0.6) is 0 Å². The highest BCUT2D eigenvalue weighted by molar-refractivity contribution is 6.31. The van der Waals surface area contributed by atoms with Crippen molar-refractivity contribution in [3.63, 3.8) is 0 Å². The van der Waals surface area contributed by atoms with Crippen LogP contribution in [0.4, 0.5) is 0 Å². The van der Waals surface area contributed by atoms with Gasteiger partial charge in [-0.2, -0.15) is 0 Å². The van der Waals surface area contributed by atoms with E-state index in [4.69, 9.17) is 11.6 Å². The van der Waals surface area contributed by atoms with Crippen molar-refractivity contribution in [1.29, 1.82) is 0 Å². The predicted octanol–water partition coefficient (Wildman–Crippen LogP) is 2.19. The smallest absolute Gasteiger partial charge is 0.142 e. The fourth-order valence-corrected chi connectivity index (χ4v) is 1.63. The molecule has 2 aromatic heterocycles. The summed E-state index contributed by atoms with van der Waals surface area (Å²) >= 11 is 6.11. The normalized spacial score (nSPS) is 10.9. The summed E-state index contributed by atoms with van der Waals surface area (Å²) in [6.07, 6.45) is 10.7. The molecular formula is C12H10ClN3O. The Balaban J connectivity index is 2.19. The Bertz CT molecular complexity index is 535. The molecule has 86 valence electrons. The van der Waals surface area contributed by atoms with Crippen molar-refractivity contribution >= 4 is 24.0 Å². The lowest BCUT2D eigenvalue weighted by molar-refractivity contribution is -0.104. The lowest BCUT2D eigenvalue weighted by atomic mass is 10.2. The quantitative estimate of drug-likeness (QED) is 0.615. The molecule has 17 heavy (non-hydrogen) atoms. The first-order valence-electron chi connectivity index (χ1n) is 5.01. The molecular weight excluding hydrogens is 238 g/mol. The fraction of sp³-hybridized carbons (Fsp3) is 0.0833. The molecule has 2 rings (SSSR count). The molecule has 0 aliphatic rings. The minimum absolute atomic E-state index is 0.576. The first-order chi connectivity index (χ1) is 8.29. The molecule has 0 radical (unpaired) electrons. The minimum atomic E-state index is 0.576. The number of hydrogen-bond donors (Lipinski definition) is 0. The van der Waals surface area contributed by atoms with E-state index < -0.39 is 0 Å². The minimum Gasteiger partial charge on any atom is -0.331 e. The van der Waals surface area contributed by atoms with Gasteiger partial charge in [0.2, 0.25) is 0 Å². The van der Waals surface area contributed by atoms with Gasteiger partial charge in [-0.3, -0.25) is 9.78 Å². The topological polar surface area (TPSA) is 47.8 Å². The van der Waals surface area contributed by atoms with Gasteiger partial charge in [0.15, 0.2) is 0 Å². The number of rotatable bonds is 4. The van der Waals surface area contributed by atoms with Gasteiger partial charge in [0, 0.05) is 18.6 Å². The van der Waals surface area contributed by atoms with E-state index in [1.54, 1.807) is 30.9 Å². The molecule has 0 amide bonds. The Morgan fingerprint density at radius 2 is 2.35 bits per heavy atom. The van der Waals surface area contributed by atoms with Gasteiger partial charge in [-0.05, 0) is 17.7 Å². The second-order valence-corrected chi connectivity index (χ2v) is 3.83.